The number of carbonyl (C=O) groups is 5. The number of nitrogen functional groups attached to an aromatic ring is 4. The maximum absolute atomic E-state index is 12.2. The Morgan fingerprint density at radius 1 is 0.492 bits per heavy atom. The van der Waals surface area contributed by atoms with E-state index in [-0.39, 0.29) is 82.0 Å². The van der Waals surface area contributed by atoms with Crippen molar-refractivity contribution in [1.29, 1.82) is 0 Å². The molecule has 0 bridgehead atoms. The van der Waals surface area contributed by atoms with Crippen LogP contribution in [0.5, 0.6) is 0 Å². The van der Waals surface area contributed by atoms with Crippen LogP contribution < -0.4 is 54.9 Å². The number of nitrogens with zero attached hydrogens (tertiary/aromatic N) is 19. The van der Waals surface area contributed by atoms with Gasteiger partial charge in [-0.2, -0.15) is 50.1 Å². The van der Waals surface area contributed by atoms with Gasteiger partial charge >= 0.3 is 5.97 Å². The highest BCUT2D eigenvalue weighted by atomic mass is 16.6. The number of Topliss-reactive ketones (excluding diaryl/α,β-unsaturated/α-hetero) is 1. The minimum absolute atomic E-state index is 0.0579. The minimum Gasteiger partial charge on any atom is -0.481 e. The number of rotatable bonds is 29. The number of likely N-dealkylation sites (N-methyl/N-ethyl adjacent to an activating group) is 2. The number of amides is 3. The second kappa shape index (κ2) is 41.7. The third-order valence-electron chi connectivity index (χ3n) is 21.8. The number of benzene rings is 2. The van der Waals surface area contributed by atoms with Crippen molar-refractivity contribution in [2.24, 2.45) is 11.0 Å². The quantitative estimate of drug-likeness (QED) is 0.0174. The zero-order valence-electron chi connectivity index (χ0n) is 69.9. The SMILES string of the molecule is CCNC(=O)C1OC(n2cnc3c(N)nc(NCCc4ccc(CCC(=O)O)cc4)nc32)C(O)C1O.CCNC(=O)[C@H]1O[C@@H](n2cnc3c(N)nc(NCCc4ccc(CCC(C)=O)cc4)nc32)C(O)[C@H]1O.CNC(=O)c1cnn(-c2nc(N)c3ncn(C4OC(CO)C(O)C4O)c3n2)c1.Nc1nc(N/N=C/C2CCCCC2)nc2c1ncn2[C@@H]1O[C@H](CO)[C@H](O)C1O. The summed E-state index contributed by atoms with van der Waals surface area (Å²) < 4.78 is 29.4. The van der Waals surface area contributed by atoms with E-state index >= 15 is 0 Å². The first-order chi connectivity index (χ1) is 61.6. The molecule has 684 valence electrons. The number of fused-ring (bicyclic) bond motifs is 4. The van der Waals surface area contributed by atoms with Gasteiger partial charge in [-0.1, -0.05) is 67.8 Å². The molecule has 5 fully saturated rings. The number of aryl methyl sites for hydroxylation is 2. The van der Waals surface area contributed by atoms with Gasteiger partial charge in [-0.15, -0.1) is 0 Å². The summed E-state index contributed by atoms with van der Waals surface area (Å²) in [6.07, 6.45) is 0.238. The fourth-order valence-corrected chi connectivity index (χ4v) is 14.9. The number of aromatic nitrogens is 18. The van der Waals surface area contributed by atoms with Crippen LogP contribution in [0.25, 0.3) is 50.6 Å². The molecule has 10 unspecified atom stereocenters. The molecule has 49 nitrogen and oxygen atoms in total. The van der Waals surface area contributed by atoms with E-state index in [9.17, 15) is 75.0 Å². The molecule has 1 aliphatic carbocycles. The largest absolute Gasteiger partial charge is 0.481 e. The van der Waals surface area contributed by atoms with Gasteiger partial charge in [-0.25, -0.2) is 30.0 Å². The molecule has 9 aromatic heterocycles. The third-order valence-corrected chi connectivity index (χ3v) is 21.8. The Morgan fingerprint density at radius 2 is 0.875 bits per heavy atom. The molecule has 128 heavy (non-hydrogen) atoms. The van der Waals surface area contributed by atoms with Crippen molar-refractivity contribution in [2.75, 3.05) is 85.4 Å². The van der Waals surface area contributed by atoms with Crippen LogP contribution in [-0.2, 0) is 63.8 Å². The van der Waals surface area contributed by atoms with Gasteiger partial charge in [-0.3, -0.25) is 37.4 Å². The average Bonchev–Trinajstić information content (AvgIpc) is 1.69. The number of imidazole rings is 4. The van der Waals surface area contributed by atoms with Gasteiger partial charge in [0.05, 0.1) is 50.3 Å². The predicted octanol–water partition coefficient (Wildman–Crippen LogP) is -2.26. The molecule has 4 saturated heterocycles. The summed E-state index contributed by atoms with van der Waals surface area (Å²) in [5.74, 6) is -0.290. The molecule has 2 aromatic carbocycles. The number of anilines is 7. The number of aliphatic hydroxyl groups is 10. The van der Waals surface area contributed by atoms with Gasteiger partial charge in [0.25, 0.3) is 23.7 Å². The summed E-state index contributed by atoms with van der Waals surface area (Å²) in [6, 6.07) is 15.8. The monoisotopic (exact) mass is 1780 g/mol. The highest BCUT2D eigenvalue weighted by molar-refractivity contribution is 5.93. The molecule has 25 N–H and O–H groups in total. The smallest absolute Gasteiger partial charge is 0.303 e. The summed E-state index contributed by atoms with van der Waals surface area (Å²) in [7, 11) is 1.50. The van der Waals surface area contributed by atoms with E-state index in [1.165, 1.54) is 87.0 Å². The number of carbonyl (C=O) groups excluding carboxylic acids is 4. The summed E-state index contributed by atoms with van der Waals surface area (Å²) in [5.41, 5.74) is 33.8. The molecule has 3 amide bonds. The molecule has 1 saturated carbocycles. The lowest BCUT2D eigenvalue weighted by Crippen LogP contribution is -2.42. The first-order valence-electron chi connectivity index (χ1n) is 41.3. The Kier molecular flexibility index (Phi) is 30.2. The van der Waals surface area contributed by atoms with Crippen molar-refractivity contribution in [2.45, 2.75) is 190 Å². The number of nitrogens with one attached hydrogen (secondary N) is 6. The van der Waals surface area contributed by atoms with Gasteiger partial charge in [0.15, 0.2) is 83.0 Å². The number of nitrogens with two attached hydrogens (primary N) is 4. The van der Waals surface area contributed by atoms with Crippen molar-refractivity contribution in [3.05, 3.63) is 114 Å². The van der Waals surface area contributed by atoms with Gasteiger partial charge < -0.3 is 129 Å². The van der Waals surface area contributed by atoms with E-state index < -0.39 is 129 Å². The molecule has 49 heteroatoms. The van der Waals surface area contributed by atoms with Crippen LogP contribution in [0.15, 0.2) is 91.3 Å². The topological polar surface area (TPSA) is 726 Å². The van der Waals surface area contributed by atoms with Crippen molar-refractivity contribution < 1.29 is 99.1 Å². The second-order valence-electron chi connectivity index (χ2n) is 30.7. The Balaban J connectivity index is 0.000000147. The van der Waals surface area contributed by atoms with E-state index in [1.54, 1.807) is 20.8 Å². The number of ether oxygens (including phenoxy) is 4. The maximum Gasteiger partial charge on any atom is 0.303 e. The fourth-order valence-electron chi connectivity index (χ4n) is 14.9. The minimum atomic E-state index is -1.42. The lowest BCUT2D eigenvalue weighted by Gasteiger charge is -2.17. The van der Waals surface area contributed by atoms with Crippen molar-refractivity contribution in [1.82, 2.24) is 104 Å². The van der Waals surface area contributed by atoms with Gasteiger partial charge in [0.1, 0.15) is 88.9 Å². The Hall–Kier alpha value is -12.9. The molecule has 0 radical (unpaired) electrons. The first kappa shape index (κ1) is 92.8. The predicted molar refractivity (Wildman–Crippen MR) is 456 cm³/mol. The molecule has 13 heterocycles. The third kappa shape index (κ3) is 21.0. The normalized spacial score (nSPS) is 23.9. The van der Waals surface area contributed by atoms with Crippen LogP contribution in [0.3, 0.4) is 0 Å². The number of hydrogen-bond acceptors (Lipinski definition) is 40. The summed E-state index contributed by atoms with van der Waals surface area (Å²) in [4.78, 5) is 109. The molecule has 16 atom stereocenters. The van der Waals surface area contributed by atoms with Crippen LogP contribution in [0.2, 0.25) is 0 Å². The zero-order chi connectivity index (χ0) is 91.3. The number of ketones is 1. The molecule has 5 aliphatic rings. The van der Waals surface area contributed by atoms with Crippen LogP contribution >= 0.6 is 0 Å². The fraction of sp³-hybridized carbons (Fsp3) is 0.481. The van der Waals surface area contributed by atoms with E-state index in [1.807, 2.05) is 54.7 Å². The molecular formula is C79H103N29O20. The van der Waals surface area contributed by atoms with E-state index in [0.717, 1.165) is 41.5 Å². The maximum atomic E-state index is 12.2. The van der Waals surface area contributed by atoms with E-state index in [0.29, 0.717) is 91.2 Å². The van der Waals surface area contributed by atoms with Crippen LogP contribution in [0.4, 0.5) is 41.1 Å². The Labute approximate surface area is 727 Å². The van der Waals surface area contributed by atoms with Crippen LogP contribution in [0, 0.1) is 5.92 Å². The van der Waals surface area contributed by atoms with Gasteiger partial charge in [0, 0.05) is 58.5 Å². The number of carboxylic acid groups (broad SMARTS) is 1. The summed E-state index contributed by atoms with van der Waals surface area (Å²) >= 11 is 0. The summed E-state index contributed by atoms with van der Waals surface area (Å²) in [6.45, 7) is 5.95. The van der Waals surface area contributed by atoms with Crippen molar-refractivity contribution in [3.8, 4) is 5.95 Å². The number of hydrazone groups is 1. The zero-order valence-corrected chi connectivity index (χ0v) is 69.9. The molecule has 0 spiro atoms. The summed E-state index contributed by atoms with van der Waals surface area (Å²) in [5, 5.41) is 132. The van der Waals surface area contributed by atoms with Crippen LogP contribution in [0.1, 0.15) is 123 Å². The number of hydrogen-bond donors (Lipinski definition) is 21. The first-order valence-corrected chi connectivity index (χ1v) is 41.3. The number of carboxylic acids is 1. The second-order valence-corrected chi connectivity index (χ2v) is 30.7. The highest BCUT2D eigenvalue weighted by Gasteiger charge is 2.50. The van der Waals surface area contributed by atoms with E-state index in [2.05, 4.69) is 102 Å². The van der Waals surface area contributed by atoms with Gasteiger partial charge in [-0.05, 0) is 87.5 Å². The molecular weight excluding hydrogens is 1680 g/mol. The number of aliphatic carboxylic acids is 1. The highest BCUT2D eigenvalue weighted by Crippen LogP contribution is 2.38. The van der Waals surface area contributed by atoms with Crippen molar-refractivity contribution in [3.63, 3.8) is 0 Å². The van der Waals surface area contributed by atoms with Gasteiger partial charge in [0.2, 0.25) is 17.8 Å². The standard InChI is InChI=1S/C24H31N7O5.C23H29N7O6.C17H25N7O4.C15H18N8O5/c1-3-26-22(35)19-17(33)18(34)23(36-19)31-12-28-16-20(25)29-24(30-21(16)31)27-11-10-15-8-6-14(7-9-15)5-4-13(2)32;1-2-25-21(35)18-16(33)17(34)22(36-18)30-11-27-15-19(24)28-23(29-20(15)30)26-10-9-13-5-3-12(4-6-13)7-8-14(31)32;18-14-11-15(22-17(21-14)23-20-6-9-4-2-1-3-5-9)24(8-19-11)16-13(27)12(26)10(7-25)28-16;1-17-13(27)6-2-19-23(3-6)15-20-11(16)8-12(21-15)22(5-18-8)14-10(26)9(25)7(4-24)28-14/h6-9,12,17-19,23,33-34H,3-5,10-11H2,1-2H3,(H,26,35)(H3,25,27,29,30);3-6,11,16-18,22,33-34H,2,7-10H2,1H3,(H,25,35)(H,31,32)(H3,24,26,28,29);6,8-10,12-13,16,25-27H,1-5,7H2,(H3,18,21,22,23);2-3,5,7,9-10,14,24-26H,4H2,1H3,(H,17,27)(H2,16,20,21)/b;;20-6+;/t17-,18?,19+,23-;;10-,12+,13?,16-;/m1.1./s1. The van der Waals surface area contributed by atoms with Crippen LogP contribution in [-0.4, -0.2) is 299 Å². The van der Waals surface area contributed by atoms with E-state index in [4.69, 9.17) is 47.0 Å². The number of aliphatic hydroxyl groups excluding tert-OH is 10. The lowest BCUT2D eigenvalue weighted by molar-refractivity contribution is -0.138. The molecule has 11 aromatic rings. The molecule has 16 rings (SSSR count). The average molecular weight is 1780 g/mol. The van der Waals surface area contributed by atoms with Crippen molar-refractivity contribution >= 4 is 121 Å². The lowest BCUT2D eigenvalue weighted by atomic mass is 9.90. The Bertz CT molecular complexity index is 5520. The Morgan fingerprint density at radius 3 is 1.27 bits per heavy atom. The molecule has 4 aliphatic heterocycles.